The number of carbonyl (C=O) groups is 2. The third kappa shape index (κ3) is 9.48. The van der Waals surface area contributed by atoms with E-state index in [9.17, 15) is 14.7 Å². The van der Waals surface area contributed by atoms with Gasteiger partial charge >= 0.3 is 11.9 Å². The van der Waals surface area contributed by atoms with Crippen LogP contribution in [-0.4, -0.2) is 22.2 Å². The van der Waals surface area contributed by atoms with Crippen molar-refractivity contribution in [2.24, 2.45) is 17.3 Å². The Hall–Kier alpha value is -1.06. The molecule has 0 rings (SSSR count). The maximum absolute atomic E-state index is 11.2. The van der Waals surface area contributed by atoms with Gasteiger partial charge in [0.2, 0.25) is 0 Å². The molecular weight excluding hydrogens is 268 g/mol. The first kappa shape index (κ1) is 19.9. The van der Waals surface area contributed by atoms with Crippen LogP contribution in [0.15, 0.2) is 0 Å². The van der Waals surface area contributed by atoms with Crippen LogP contribution in [0.5, 0.6) is 0 Å². The summed E-state index contributed by atoms with van der Waals surface area (Å²) in [5.74, 6) is -1.47. The van der Waals surface area contributed by atoms with Crippen molar-refractivity contribution >= 4 is 11.9 Å². The molecule has 0 aromatic carbocycles. The molecule has 0 fully saturated rings. The third-order valence-corrected chi connectivity index (χ3v) is 4.31. The van der Waals surface area contributed by atoms with Gasteiger partial charge in [-0.05, 0) is 37.0 Å². The lowest BCUT2D eigenvalue weighted by molar-refractivity contribution is -0.144. The molecule has 2 N–H and O–H groups in total. The molecule has 0 heterocycles. The van der Waals surface area contributed by atoms with E-state index < -0.39 is 11.9 Å². The summed E-state index contributed by atoms with van der Waals surface area (Å²) >= 11 is 0. The third-order valence-electron chi connectivity index (χ3n) is 4.31. The molecule has 4 nitrogen and oxygen atoms in total. The van der Waals surface area contributed by atoms with Crippen LogP contribution in [0.25, 0.3) is 0 Å². The van der Waals surface area contributed by atoms with Crippen molar-refractivity contribution in [3.63, 3.8) is 0 Å². The highest BCUT2D eigenvalue weighted by molar-refractivity contribution is 5.70. The average Bonchev–Trinajstić information content (AvgIpc) is 2.32. The number of rotatable bonds is 12. The van der Waals surface area contributed by atoms with Gasteiger partial charge < -0.3 is 10.2 Å². The Morgan fingerprint density at radius 2 is 1.62 bits per heavy atom. The van der Waals surface area contributed by atoms with E-state index >= 15 is 0 Å². The fourth-order valence-corrected chi connectivity index (χ4v) is 3.17. The summed E-state index contributed by atoms with van der Waals surface area (Å²) in [5.41, 5.74) is 0.148. The van der Waals surface area contributed by atoms with Crippen LogP contribution in [0.4, 0.5) is 0 Å². The second-order valence-electron chi connectivity index (χ2n) is 7.01. The number of unbranched alkanes of at least 4 members (excludes halogenated alkanes) is 3. The van der Waals surface area contributed by atoms with E-state index in [0.29, 0.717) is 6.42 Å². The van der Waals surface area contributed by atoms with Gasteiger partial charge in [-0.3, -0.25) is 9.59 Å². The van der Waals surface area contributed by atoms with Gasteiger partial charge in [0.25, 0.3) is 0 Å². The normalized spacial score (nSPS) is 14.7. The molecule has 0 saturated carbocycles. The second-order valence-corrected chi connectivity index (χ2v) is 7.01. The predicted octanol–water partition coefficient (Wildman–Crippen LogP) is 4.57. The van der Waals surface area contributed by atoms with Gasteiger partial charge in [-0.15, -0.1) is 0 Å². The van der Waals surface area contributed by atoms with Crippen LogP contribution in [0.2, 0.25) is 0 Å². The summed E-state index contributed by atoms with van der Waals surface area (Å²) in [6.45, 7) is 8.38. The molecule has 0 aliphatic rings. The Kier molecular flexibility index (Phi) is 9.31. The standard InChI is InChI=1S/C17H32O4/c1-5-14(16(20)21)13(2)12-17(3,4)11-9-7-6-8-10-15(18)19/h13-14H,5-12H2,1-4H3,(H,18,19)(H,20,21). The lowest BCUT2D eigenvalue weighted by Gasteiger charge is -2.30. The molecule has 0 amide bonds. The summed E-state index contributed by atoms with van der Waals surface area (Å²) in [6, 6.07) is 0. The Balaban J connectivity index is 4.02. The molecule has 4 heteroatoms. The summed E-state index contributed by atoms with van der Waals surface area (Å²) in [5, 5.41) is 17.8. The van der Waals surface area contributed by atoms with Crippen LogP contribution in [0, 0.1) is 17.3 Å². The topological polar surface area (TPSA) is 74.6 Å². The van der Waals surface area contributed by atoms with Crippen molar-refractivity contribution in [1.82, 2.24) is 0 Å². The van der Waals surface area contributed by atoms with Gasteiger partial charge in [0, 0.05) is 6.42 Å². The first-order chi connectivity index (χ1) is 9.69. The molecule has 0 aliphatic heterocycles. The van der Waals surface area contributed by atoms with Crippen LogP contribution < -0.4 is 0 Å². The zero-order valence-corrected chi connectivity index (χ0v) is 14.0. The van der Waals surface area contributed by atoms with Crippen molar-refractivity contribution in [3.8, 4) is 0 Å². The average molecular weight is 300 g/mol. The predicted molar refractivity (Wildman–Crippen MR) is 84.3 cm³/mol. The molecule has 0 aliphatic carbocycles. The molecule has 0 aromatic heterocycles. The van der Waals surface area contributed by atoms with E-state index in [2.05, 4.69) is 13.8 Å². The van der Waals surface area contributed by atoms with Gasteiger partial charge in [-0.25, -0.2) is 0 Å². The van der Waals surface area contributed by atoms with Crippen LogP contribution in [0.3, 0.4) is 0 Å². The van der Waals surface area contributed by atoms with Crippen LogP contribution in [-0.2, 0) is 9.59 Å². The van der Waals surface area contributed by atoms with Crippen LogP contribution in [0.1, 0.15) is 79.1 Å². The SMILES string of the molecule is CCC(C(=O)O)C(C)CC(C)(C)CCCCCCC(=O)O. The van der Waals surface area contributed by atoms with Crippen molar-refractivity contribution in [2.75, 3.05) is 0 Å². The zero-order chi connectivity index (χ0) is 16.5. The highest BCUT2D eigenvalue weighted by Crippen LogP contribution is 2.35. The maximum Gasteiger partial charge on any atom is 0.306 e. The van der Waals surface area contributed by atoms with E-state index in [1.54, 1.807) is 0 Å². The molecule has 124 valence electrons. The van der Waals surface area contributed by atoms with Gasteiger partial charge in [0.15, 0.2) is 0 Å². The summed E-state index contributed by atoms with van der Waals surface area (Å²) in [4.78, 5) is 21.6. The first-order valence-corrected chi connectivity index (χ1v) is 8.14. The van der Waals surface area contributed by atoms with E-state index in [1.807, 2.05) is 13.8 Å². The van der Waals surface area contributed by atoms with Crippen molar-refractivity contribution in [1.29, 1.82) is 0 Å². The molecular formula is C17H32O4. The van der Waals surface area contributed by atoms with Crippen molar-refractivity contribution in [3.05, 3.63) is 0 Å². The largest absolute Gasteiger partial charge is 0.481 e. The second kappa shape index (κ2) is 9.80. The molecule has 2 atom stereocenters. The summed E-state index contributed by atoms with van der Waals surface area (Å²) in [7, 11) is 0. The summed E-state index contributed by atoms with van der Waals surface area (Å²) in [6.07, 6.45) is 6.80. The summed E-state index contributed by atoms with van der Waals surface area (Å²) < 4.78 is 0. The number of hydrogen-bond acceptors (Lipinski definition) is 2. The monoisotopic (exact) mass is 300 g/mol. The number of hydrogen-bond donors (Lipinski definition) is 2. The van der Waals surface area contributed by atoms with E-state index in [0.717, 1.165) is 38.5 Å². The van der Waals surface area contributed by atoms with Crippen molar-refractivity contribution < 1.29 is 19.8 Å². The number of carboxylic acid groups (broad SMARTS) is 2. The molecule has 21 heavy (non-hydrogen) atoms. The Labute approximate surface area is 128 Å². The zero-order valence-electron chi connectivity index (χ0n) is 14.0. The van der Waals surface area contributed by atoms with E-state index in [-0.39, 0.29) is 23.7 Å². The van der Waals surface area contributed by atoms with Gasteiger partial charge in [0.1, 0.15) is 0 Å². The Morgan fingerprint density at radius 3 is 2.10 bits per heavy atom. The highest BCUT2D eigenvalue weighted by atomic mass is 16.4. The molecule has 0 radical (unpaired) electrons. The molecule has 0 aromatic rings. The molecule has 0 spiro atoms. The lowest BCUT2D eigenvalue weighted by Crippen LogP contribution is -2.26. The quantitative estimate of drug-likeness (QED) is 0.517. The minimum atomic E-state index is -0.719. The molecule has 0 saturated heterocycles. The fraction of sp³-hybridized carbons (Fsp3) is 0.882. The van der Waals surface area contributed by atoms with E-state index in [4.69, 9.17) is 5.11 Å². The molecule has 2 unspecified atom stereocenters. The fourth-order valence-electron chi connectivity index (χ4n) is 3.17. The Morgan fingerprint density at radius 1 is 1.05 bits per heavy atom. The Bertz CT molecular complexity index is 323. The van der Waals surface area contributed by atoms with Gasteiger partial charge in [-0.2, -0.15) is 0 Å². The lowest BCUT2D eigenvalue weighted by atomic mass is 9.75. The van der Waals surface area contributed by atoms with Crippen molar-refractivity contribution in [2.45, 2.75) is 79.1 Å². The first-order valence-electron chi connectivity index (χ1n) is 8.14. The van der Waals surface area contributed by atoms with Crippen LogP contribution >= 0.6 is 0 Å². The number of aliphatic carboxylic acids is 2. The maximum atomic E-state index is 11.2. The minimum absolute atomic E-state index is 0.148. The smallest absolute Gasteiger partial charge is 0.306 e. The van der Waals surface area contributed by atoms with E-state index in [1.165, 1.54) is 0 Å². The number of carboxylic acids is 2. The van der Waals surface area contributed by atoms with Gasteiger partial charge in [-0.1, -0.05) is 47.0 Å². The highest BCUT2D eigenvalue weighted by Gasteiger charge is 2.28. The van der Waals surface area contributed by atoms with Gasteiger partial charge in [0.05, 0.1) is 5.92 Å². The minimum Gasteiger partial charge on any atom is -0.481 e. The molecule has 0 bridgehead atoms.